The number of hydrogen-bond acceptors (Lipinski definition) is 4. The number of nitrogens with one attached hydrogen (secondary N) is 2. The molecule has 2 amide bonds. The number of carbonyl (C=O) groups excluding carboxylic acids is 1. The fraction of sp³-hybridized carbons (Fsp3) is 0.267. The minimum atomic E-state index is -0.268. The van der Waals surface area contributed by atoms with Crippen LogP contribution in [-0.4, -0.2) is 26.3 Å². The van der Waals surface area contributed by atoms with Crippen molar-refractivity contribution in [3.8, 4) is 11.5 Å². The summed E-state index contributed by atoms with van der Waals surface area (Å²) in [6, 6.07) is 10.7. The van der Waals surface area contributed by atoms with Crippen LogP contribution in [-0.2, 0) is 6.54 Å². The van der Waals surface area contributed by atoms with Gasteiger partial charge < -0.3 is 24.5 Å². The lowest BCUT2D eigenvalue weighted by Gasteiger charge is -2.11. The molecule has 2 aromatic rings. The summed E-state index contributed by atoms with van der Waals surface area (Å²) in [4.78, 5) is 11.5. The Morgan fingerprint density at radius 1 is 1.14 bits per heavy atom. The number of furan rings is 1. The lowest BCUT2D eigenvalue weighted by Crippen LogP contribution is -2.37. The van der Waals surface area contributed by atoms with Gasteiger partial charge in [-0.05, 0) is 24.3 Å². The zero-order valence-electron chi connectivity index (χ0n) is 11.8. The Kier molecular flexibility index (Phi) is 5.51. The van der Waals surface area contributed by atoms with Gasteiger partial charge in [0.25, 0.3) is 0 Å². The lowest BCUT2D eigenvalue weighted by molar-refractivity contribution is 0.234. The fourth-order valence-corrected chi connectivity index (χ4v) is 1.71. The molecule has 21 heavy (non-hydrogen) atoms. The summed E-state index contributed by atoms with van der Waals surface area (Å²) in [5, 5.41) is 5.38. The maximum Gasteiger partial charge on any atom is 0.315 e. The molecule has 2 rings (SSSR count). The third-order valence-corrected chi connectivity index (χ3v) is 2.72. The Balaban J connectivity index is 1.64. The summed E-state index contributed by atoms with van der Waals surface area (Å²) in [7, 11) is 1.59. The highest BCUT2D eigenvalue weighted by Gasteiger charge is 2.04. The predicted molar refractivity (Wildman–Crippen MR) is 77.4 cm³/mol. The Morgan fingerprint density at radius 2 is 1.95 bits per heavy atom. The minimum absolute atomic E-state index is 0.268. The molecule has 6 nitrogen and oxygen atoms in total. The second-order valence-electron chi connectivity index (χ2n) is 4.19. The number of amides is 2. The Hall–Kier alpha value is -2.63. The monoisotopic (exact) mass is 290 g/mol. The molecule has 0 atom stereocenters. The first-order valence-corrected chi connectivity index (χ1v) is 6.59. The van der Waals surface area contributed by atoms with Crippen molar-refractivity contribution >= 4 is 6.03 Å². The van der Waals surface area contributed by atoms with Crippen molar-refractivity contribution in [1.29, 1.82) is 0 Å². The van der Waals surface area contributed by atoms with Crippen LogP contribution in [0.4, 0.5) is 4.79 Å². The van der Waals surface area contributed by atoms with E-state index in [1.54, 1.807) is 25.5 Å². The van der Waals surface area contributed by atoms with E-state index in [2.05, 4.69) is 10.6 Å². The Labute approximate surface area is 123 Å². The number of hydrogen-bond donors (Lipinski definition) is 2. The Morgan fingerprint density at radius 3 is 2.67 bits per heavy atom. The van der Waals surface area contributed by atoms with Crippen LogP contribution >= 0.6 is 0 Å². The molecule has 1 heterocycles. The molecule has 0 fully saturated rings. The smallest absolute Gasteiger partial charge is 0.315 e. The molecule has 112 valence electrons. The van der Waals surface area contributed by atoms with Gasteiger partial charge in [-0.25, -0.2) is 4.79 Å². The van der Waals surface area contributed by atoms with Gasteiger partial charge in [0, 0.05) is 0 Å². The highest BCUT2D eigenvalue weighted by atomic mass is 16.5. The molecule has 0 radical (unpaired) electrons. The van der Waals surface area contributed by atoms with Crippen molar-refractivity contribution in [2.24, 2.45) is 0 Å². The molecule has 0 bridgehead atoms. The van der Waals surface area contributed by atoms with Crippen molar-refractivity contribution in [3.05, 3.63) is 48.4 Å². The van der Waals surface area contributed by atoms with Gasteiger partial charge in [0.2, 0.25) is 0 Å². The third kappa shape index (κ3) is 4.76. The van der Waals surface area contributed by atoms with E-state index in [1.807, 2.05) is 24.3 Å². The summed E-state index contributed by atoms with van der Waals surface area (Å²) in [6.45, 7) is 1.10. The molecule has 0 aliphatic heterocycles. The zero-order valence-corrected chi connectivity index (χ0v) is 11.8. The van der Waals surface area contributed by atoms with Crippen LogP contribution in [0.2, 0.25) is 0 Å². The van der Waals surface area contributed by atoms with E-state index in [4.69, 9.17) is 13.9 Å². The molecule has 0 unspecified atom stereocenters. The SMILES string of the molecule is COc1ccccc1OCCNC(=O)NCc1ccco1. The third-order valence-electron chi connectivity index (χ3n) is 2.72. The molecule has 0 aliphatic rings. The number of carbonyl (C=O) groups is 1. The van der Waals surface area contributed by atoms with E-state index in [9.17, 15) is 4.79 Å². The normalized spacial score (nSPS) is 9.95. The molecule has 1 aromatic heterocycles. The first-order chi connectivity index (χ1) is 10.3. The predicted octanol–water partition coefficient (Wildman–Crippen LogP) is 2.17. The number of ether oxygens (including phenoxy) is 2. The van der Waals surface area contributed by atoms with Gasteiger partial charge in [-0.2, -0.15) is 0 Å². The number of urea groups is 1. The molecule has 0 saturated carbocycles. The lowest BCUT2D eigenvalue weighted by atomic mass is 10.3. The average molecular weight is 290 g/mol. The summed E-state index contributed by atoms with van der Waals surface area (Å²) in [5.41, 5.74) is 0. The van der Waals surface area contributed by atoms with Crippen LogP contribution in [0.1, 0.15) is 5.76 Å². The average Bonchev–Trinajstić information content (AvgIpc) is 3.03. The van der Waals surface area contributed by atoms with E-state index in [1.165, 1.54) is 0 Å². The largest absolute Gasteiger partial charge is 0.493 e. The van der Waals surface area contributed by atoms with Gasteiger partial charge in [0.15, 0.2) is 11.5 Å². The van der Waals surface area contributed by atoms with E-state index in [0.29, 0.717) is 37.0 Å². The second kappa shape index (κ2) is 7.84. The second-order valence-corrected chi connectivity index (χ2v) is 4.19. The van der Waals surface area contributed by atoms with Gasteiger partial charge in [0.05, 0.1) is 26.5 Å². The van der Waals surface area contributed by atoms with Gasteiger partial charge >= 0.3 is 6.03 Å². The van der Waals surface area contributed by atoms with Crippen LogP contribution in [0.3, 0.4) is 0 Å². The standard InChI is InChI=1S/C15H18N2O4/c1-19-13-6-2-3-7-14(13)21-10-8-16-15(18)17-11-12-5-4-9-20-12/h2-7,9H,8,10-11H2,1H3,(H2,16,17,18). The van der Waals surface area contributed by atoms with Crippen LogP contribution in [0, 0.1) is 0 Å². The van der Waals surface area contributed by atoms with Crippen molar-refractivity contribution in [2.45, 2.75) is 6.54 Å². The number of methoxy groups -OCH3 is 1. The van der Waals surface area contributed by atoms with Gasteiger partial charge in [-0.3, -0.25) is 0 Å². The molecule has 1 aromatic carbocycles. The van der Waals surface area contributed by atoms with Crippen LogP contribution in [0.25, 0.3) is 0 Å². The Bertz CT molecular complexity index is 555. The van der Waals surface area contributed by atoms with Crippen LogP contribution < -0.4 is 20.1 Å². The van der Waals surface area contributed by atoms with Crippen molar-refractivity contribution in [1.82, 2.24) is 10.6 Å². The summed E-state index contributed by atoms with van der Waals surface area (Å²) >= 11 is 0. The van der Waals surface area contributed by atoms with Crippen molar-refractivity contribution < 1.29 is 18.7 Å². The number of para-hydroxylation sites is 2. The first-order valence-electron chi connectivity index (χ1n) is 6.59. The molecule has 0 saturated heterocycles. The molecule has 6 heteroatoms. The van der Waals surface area contributed by atoms with Crippen molar-refractivity contribution in [2.75, 3.05) is 20.3 Å². The maximum atomic E-state index is 11.5. The maximum absolute atomic E-state index is 11.5. The molecule has 0 spiro atoms. The fourth-order valence-electron chi connectivity index (χ4n) is 1.71. The van der Waals surface area contributed by atoms with E-state index in [0.717, 1.165) is 0 Å². The summed E-state index contributed by atoms with van der Waals surface area (Å²) in [5.74, 6) is 2.02. The molecule has 0 aliphatic carbocycles. The number of benzene rings is 1. The zero-order chi connectivity index (χ0) is 14.9. The highest BCUT2D eigenvalue weighted by molar-refractivity contribution is 5.73. The quantitative estimate of drug-likeness (QED) is 0.766. The van der Waals surface area contributed by atoms with Gasteiger partial charge in [-0.1, -0.05) is 12.1 Å². The van der Waals surface area contributed by atoms with Crippen LogP contribution in [0.15, 0.2) is 47.1 Å². The number of rotatable bonds is 7. The van der Waals surface area contributed by atoms with Gasteiger partial charge in [0.1, 0.15) is 12.4 Å². The van der Waals surface area contributed by atoms with Crippen LogP contribution in [0.5, 0.6) is 11.5 Å². The van der Waals surface area contributed by atoms with Crippen molar-refractivity contribution in [3.63, 3.8) is 0 Å². The van der Waals surface area contributed by atoms with Gasteiger partial charge in [-0.15, -0.1) is 0 Å². The highest BCUT2D eigenvalue weighted by Crippen LogP contribution is 2.25. The molecular weight excluding hydrogens is 272 g/mol. The van der Waals surface area contributed by atoms with E-state index >= 15 is 0 Å². The minimum Gasteiger partial charge on any atom is -0.493 e. The molecular formula is C15H18N2O4. The van der Waals surface area contributed by atoms with E-state index < -0.39 is 0 Å². The van der Waals surface area contributed by atoms with E-state index in [-0.39, 0.29) is 6.03 Å². The summed E-state index contributed by atoms with van der Waals surface area (Å²) < 4.78 is 15.8. The summed E-state index contributed by atoms with van der Waals surface area (Å²) in [6.07, 6.45) is 1.57. The first kappa shape index (κ1) is 14.8. The topological polar surface area (TPSA) is 72.7 Å². The molecule has 2 N–H and O–H groups in total.